The van der Waals surface area contributed by atoms with Crippen LogP contribution < -0.4 is 10.1 Å². The van der Waals surface area contributed by atoms with Crippen LogP contribution in [0.4, 0.5) is 5.69 Å². The Bertz CT molecular complexity index is 670. The van der Waals surface area contributed by atoms with Crippen LogP contribution in [0.1, 0.15) is 18.6 Å². The minimum atomic E-state index is -1.41. The molecule has 0 bridgehead atoms. The summed E-state index contributed by atoms with van der Waals surface area (Å²) in [6, 6.07) is 15.2. The normalized spacial score (nSPS) is 11.4. The minimum Gasteiger partial charge on any atom is -0.494 e. The molecule has 0 fully saturated rings. The Hall–Kier alpha value is -2.86. The van der Waals surface area contributed by atoms with Gasteiger partial charge in [-0.2, -0.15) is 0 Å². The van der Waals surface area contributed by atoms with Gasteiger partial charge in [0, 0.05) is 5.69 Å². The van der Waals surface area contributed by atoms with Gasteiger partial charge in [0.05, 0.1) is 6.61 Å². The molecule has 0 saturated heterocycles. The number of anilines is 1. The van der Waals surface area contributed by atoms with E-state index in [-0.39, 0.29) is 0 Å². The summed E-state index contributed by atoms with van der Waals surface area (Å²) < 4.78 is 10.1. The number of hydrogen-bond donors (Lipinski definition) is 2. The zero-order valence-electron chi connectivity index (χ0n) is 13.3. The number of ether oxygens (including phenoxy) is 2. The smallest absolute Gasteiger partial charge is 0.340 e. The molecule has 0 aliphatic rings. The van der Waals surface area contributed by atoms with E-state index in [1.807, 2.05) is 6.92 Å². The molecule has 1 amide bonds. The van der Waals surface area contributed by atoms with Gasteiger partial charge < -0.3 is 19.9 Å². The third-order valence-electron chi connectivity index (χ3n) is 3.13. The van der Waals surface area contributed by atoms with Crippen LogP contribution in [0.2, 0.25) is 0 Å². The van der Waals surface area contributed by atoms with Gasteiger partial charge in [0.1, 0.15) is 5.75 Å². The molecule has 2 N–H and O–H groups in total. The highest BCUT2D eigenvalue weighted by Gasteiger charge is 2.19. The predicted molar refractivity (Wildman–Crippen MR) is 88.6 cm³/mol. The molecule has 0 aliphatic heterocycles. The molecule has 6 nitrogen and oxygen atoms in total. The number of hydrogen-bond acceptors (Lipinski definition) is 5. The first-order valence-electron chi connectivity index (χ1n) is 7.52. The topological polar surface area (TPSA) is 84.9 Å². The molecule has 0 radical (unpaired) electrons. The van der Waals surface area contributed by atoms with E-state index < -0.39 is 24.6 Å². The van der Waals surface area contributed by atoms with Crippen molar-refractivity contribution >= 4 is 17.6 Å². The average molecular weight is 329 g/mol. The lowest BCUT2D eigenvalue weighted by Gasteiger charge is -2.11. The molecule has 6 heteroatoms. The van der Waals surface area contributed by atoms with Gasteiger partial charge >= 0.3 is 5.97 Å². The summed E-state index contributed by atoms with van der Waals surface area (Å²) >= 11 is 0. The Kier molecular flexibility index (Phi) is 6.33. The van der Waals surface area contributed by atoms with Crippen LogP contribution in [-0.2, 0) is 14.3 Å². The first-order chi connectivity index (χ1) is 11.6. The van der Waals surface area contributed by atoms with Crippen molar-refractivity contribution in [1.82, 2.24) is 0 Å². The Balaban J connectivity index is 1.81. The van der Waals surface area contributed by atoms with Crippen molar-refractivity contribution in [1.29, 1.82) is 0 Å². The lowest BCUT2D eigenvalue weighted by Crippen LogP contribution is -2.23. The molecular formula is C18H19NO5. The first kappa shape index (κ1) is 17.5. The number of nitrogens with one attached hydrogen (secondary N) is 1. The lowest BCUT2D eigenvalue weighted by atomic mass is 10.1. The third-order valence-corrected chi connectivity index (χ3v) is 3.13. The molecule has 0 aromatic heterocycles. The number of rotatable bonds is 7. The molecule has 1 atom stereocenters. The van der Waals surface area contributed by atoms with Crippen molar-refractivity contribution in [2.45, 2.75) is 13.0 Å². The average Bonchev–Trinajstić information content (AvgIpc) is 2.61. The van der Waals surface area contributed by atoms with E-state index in [0.717, 1.165) is 0 Å². The van der Waals surface area contributed by atoms with E-state index in [0.29, 0.717) is 23.6 Å². The summed E-state index contributed by atoms with van der Waals surface area (Å²) in [5, 5.41) is 12.4. The zero-order chi connectivity index (χ0) is 17.4. The number of esters is 1. The highest BCUT2D eigenvalue weighted by atomic mass is 16.5. The molecule has 2 rings (SSSR count). The molecule has 0 aliphatic carbocycles. The summed E-state index contributed by atoms with van der Waals surface area (Å²) in [5.41, 5.74) is 0.970. The Labute approximate surface area is 140 Å². The fourth-order valence-electron chi connectivity index (χ4n) is 1.99. The summed E-state index contributed by atoms with van der Waals surface area (Å²) in [6.45, 7) is 1.97. The van der Waals surface area contributed by atoms with Crippen LogP contribution in [-0.4, -0.2) is 30.2 Å². The van der Waals surface area contributed by atoms with Crippen molar-refractivity contribution in [2.24, 2.45) is 0 Å². The van der Waals surface area contributed by atoms with Gasteiger partial charge in [-0.15, -0.1) is 0 Å². The van der Waals surface area contributed by atoms with Gasteiger partial charge in [-0.25, -0.2) is 4.79 Å². The lowest BCUT2D eigenvalue weighted by molar-refractivity contribution is -0.156. The highest BCUT2D eigenvalue weighted by Crippen LogP contribution is 2.16. The largest absolute Gasteiger partial charge is 0.494 e. The first-order valence-corrected chi connectivity index (χ1v) is 7.52. The molecule has 2 aromatic carbocycles. The van der Waals surface area contributed by atoms with E-state index in [9.17, 15) is 14.7 Å². The van der Waals surface area contributed by atoms with Gasteiger partial charge in [-0.05, 0) is 36.8 Å². The molecule has 126 valence electrons. The van der Waals surface area contributed by atoms with Crippen molar-refractivity contribution in [3.8, 4) is 5.75 Å². The molecule has 24 heavy (non-hydrogen) atoms. The second-order valence-corrected chi connectivity index (χ2v) is 4.93. The highest BCUT2D eigenvalue weighted by molar-refractivity contribution is 5.93. The molecule has 0 heterocycles. The molecule has 0 unspecified atom stereocenters. The third kappa shape index (κ3) is 5.10. The number of amides is 1. The van der Waals surface area contributed by atoms with Gasteiger partial charge in [0.15, 0.2) is 12.7 Å². The Morgan fingerprint density at radius 3 is 2.38 bits per heavy atom. The van der Waals surface area contributed by atoms with E-state index >= 15 is 0 Å². The van der Waals surface area contributed by atoms with E-state index in [1.54, 1.807) is 54.6 Å². The van der Waals surface area contributed by atoms with Crippen LogP contribution in [0.3, 0.4) is 0 Å². The van der Waals surface area contributed by atoms with E-state index in [1.165, 1.54) is 0 Å². The standard InChI is InChI=1S/C18H19NO5/c1-2-23-15-10-8-14(9-11-15)19-16(20)12-24-18(22)17(21)13-6-4-3-5-7-13/h3-11,17,21H,2,12H2,1H3,(H,19,20)/t17-/m1/s1. The van der Waals surface area contributed by atoms with Crippen LogP contribution in [0.15, 0.2) is 54.6 Å². The molecule has 2 aromatic rings. The van der Waals surface area contributed by atoms with Crippen molar-refractivity contribution in [3.05, 3.63) is 60.2 Å². The van der Waals surface area contributed by atoms with E-state index in [2.05, 4.69) is 5.32 Å². The van der Waals surface area contributed by atoms with E-state index in [4.69, 9.17) is 9.47 Å². The maximum atomic E-state index is 11.8. The maximum absolute atomic E-state index is 11.8. The van der Waals surface area contributed by atoms with Gasteiger partial charge in [-0.1, -0.05) is 30.3 Å². The van der Waals surface area contributed by atoms with Crippen molar-refractivity contribution in [3.63, 3.8) is 0 Å². The Morgan fingerprint density at radius 2 is 1.75 bits per heavy atom. The molecule has 0 spiro atoms. The van der Waals surface area contributed by atoms with Gasteiger partial charge in [0.25, 0.3) is 5.91 Å². The summed E-state index contributed by atoms with van der Waals surface area (Å²) in [5.74, 6) is -0.663. The fraction of sp³-hybridized carbons (Fsp3) is 0.222. The molecule has 0 saturated carbocycles. The summed E-state index contributed by atoms with van der Waals surface area (Å²) in [7, 11) is 0. The number of aliphatic hydroxyl groups is 1. The number of benzene rings is 2. The van der Waals surface area contributed by atoms with Gasteiger partial charge in [0.2, 0.25) is 0 Å². The molecular weight excluding hydrogens is 310 g/mol. The fourth-order valence-corrected chi connectivity index (χ4v) is 1.99. The van der Waals surface area contributed by atoms with Crippen LogP contribution in [0, 0.1) is 0 Å². The number of carbonyl (C=O) groups excluding carboxylic acids is 2. The summed E-state index contributed by atoms with van der Waals surface area (Å²) in [6.07, 6.45) is -1.41. The quantitative estimate of drug-likeness (QED) is 0.762. The maximum Gasteiger partial charge on any atom is 0.340 e. The minimum absolute atomic E-state index is 0.412. The summed E-state index contributed by atoms with van der Waals surface area (Å²) in [4.78, 5) is 23.5. The number of carbonyl (C=O) groups is 2. The second-order valence-electron chi connectivity index (χ2n) is 4.93. The predicted octanol–water partition coefficient (Wildman–Crippen LogP) is 2.30. The Morgan fingerprint density at radius 1 is 1.08 bits per heavy atom. The SMILES string of the molecule is CCOc1ccc(NC(=O)COC(=O)[C@H](O)c2ccccc2)cc1. The zero-order valence-corrected chi connectivity index (χ0v) is 13.3. The number of aliphatic hydroxyl groups excluding tert-OH is 1. The second kappa shape index (κ2) is 8.69. The van der Waals surface area contributed by atoms with Crippen molar-refractivity contribution in [2.75, 3.05) is 18.5 Å². The van der Waals surface area contributed by atoms with Gasteiger partial charge in [-0.3, -0.25) is 4.79 Å². The monoisotopic (exact) mass is 329 g/mol. The van der Waals surface area contributed by atoms with Crippen molar-refractivity contribution < 1.29 is 24.2 Å². The van der Waals surface area contributed by atoms with Crippen LogP contribution in [0.25, 0.3) is 0 Å². The van der Waals surface area contributed by atoms with Crippen LogP contribution >= 0.6 is 0 Å². The van der Waals surface area contributed by atoms with Crippen LogP contribution in [0.5, 0.6) is 5.75 Å².